The van der Waals surface area contributed by atoms with Crippen LogP contribution < -0.4 is 10.6 Å². The molecule has 1 aromatic carbocycles. The van der Waals surface area contributed by atoms with E-state index in [0.717, 1.165) is 5.56 Å². The molecule has 0 radical (unpaired) electrons. The number of nitrogens with one attached hydrogen (secondary N) is 2. The van der Waals surface area contributed by atoms with Crippen LogP contribution in [0.5, 0.6) is 0 Å². The Balaban J connectivity index is 1.69. The van der Waals surface area contributed by atoms with Crippen LogP contribution in [0.15, 0.2) is 48.7 Å². The molecule has 0 bridgehead atoms. The lowest BCUT2D eigenvalue weighted by Gasteiger charge is -2.33. The first-order chi connectivity index (χ1) is 11.6. The van der Waals surface area contributed by atoms with E-state index in [0.29, 0.717) is 18.4 Å². The van der Waals surface area contributed by atoms with Crippen molar-refractivity contribution in [3.8, 4) is 0 Å². The second-order valence-corrected chi connectivity index (χ2v) is 5.83. The van der Waals surface area contributed by atoms with E-state index < -0.39 is 5.95 Å². The van der Waals surface area contributed by atoms with Gasteiger partial charge in [0.1, 0.15) is 0 Å². The minimum absolute atomic E-state index is 0.0226. The molecule has 1 aliphatic rings. The molecule has 1 fully saturated rings. The third kappa shape index (κ3) is 3.95. The number of carbonyl (C=O) groups is 2. The van der Waals surface area contributed by atoms with Crippen molar-refractivity contribution >= 4 is 11.8 Å². The molecule has 2 aromatic rings. The number of pyridine rings is 1. The molecule has 0 spiro atoms. The zero-order valence-corrected chi connectivity index (χ0v) is 13.0. The average Bonchev–Trinajstić information content (AvgIpc) is 2.57. The van der Waals surface area contributed by atoms with Crippen molar-refractivity contribution in [2.45, 2.75) is 31.3 Å². The van der Waals surface area contributed by atoms with Crippen LogP contribution in [0.1, 0.15) is 30.0 Å². The van der Waals surface area contributed by atoms with Crippen LogP contribution in [0.2, 0.25) is 0 Å². The molecule has 6 heteroatoms. The highest BCUT2D eigenvalue weighted by Crippen LogP contribution is 2.24. The summed E-state index contributed by atoms with van der Waals surface area (Å²) in [6, 6.07) is 12.0. The first-order valence-corrected chi connectivity index (χ1v) is 7.86. The predicted octanol–water partition coefficient (Wildman–Crippen LogP) is 1.90. The Kier molecular flexibility index (Phi) is 4.84. The van der Waals surface area contributed by atoms with Crippen molar-refractivity contribution in [1.82, 2.24) is 15.6 Å². The zero-order valence-electron chi connectivity index (χ0n) is 13.0. The van der Waals surface area contributed by atoms with Crippen molar-refractivity contribution in [3.05, 3.63) is 65.7 Å². The Hall–Kier alpha value is -2.76. The van der Waals surface area contributed by atoms with Gasteiger partial charge in [0.05, 0.1) is 18.5 Å². The van der Waals surface area contributed by atoms with E-state index in [-0.39, 0.29) is 30.3 Å². The predicted molar refractivity (Wildman–Crippen MR) is 86.4 cm³/mol. The van der Waals surface area contributed by atoms with E-state index in [1.54, 1.807) is 6.07 Å². The molecule has 1 aliphatic heterocycles. The van der Waals surface area contributed by atoms with E-state index in [2.05, 4.69) is 15.6 Å². The number of hydrogen-bond acceptors (Lipinski definition) is 3. The van der Waals surface area contributed by atoms with E-state index in [9.17, 15) is 14.0 Å². The minimum atomic E-state index is -0.604. The summed E-state index contributed by atoms with van der Waals surface area (Å²) in [5.41, 5.74) is 1.52. The highest BCUT2D eigenvalue weighted by atomic mass is 19.1. The Morgan fingerprint density at radius 3 is 2.83 bits per heavy atom. The quantitative estimate of drug-likeness (QED) is 0.843. The lowest BCUT2D eigenvalue weighted by Crippen LogP contribution is -2.50. The summed E-state index contributed by atoms with van der Waals surface area (Å²) in [7, 11) is 0. The third-order valence-corrected chi connectivity index (χ3v) is 4.06. The Labute approximate surface area is 139 Å². The van der Waals surface area contributed by atoms with Crippen molar-refractivity contribution in [2.75, 3.05) is 0 Å². The van der Waals surface area contributed by atoms with E-state index >= 15 is 0 Å². The van der Waals surface area contributed by atoms with E-state index in [1.165, 1.54) is 12.3 Å². The highest BCUT2D eigenvalue weighted by Gasteiger charge is 2.30. The number of aromatic nitrogens is 1. The lowest BCUT2D eigenvalue weighted by molar-refractivity contribution is -0.126. The topological polar surface area (TPSA) is 71.1 Å². The van der Waals surface area contributed by atoms with Gasteiger partial charge in [0.2, 0.25) is 17.8 Å². The zero-order chi connectivity index (χ0) is 16.9. The van der Waals surface area contributed by atoms with Crippen LogP contribution in [0, 0.1) is 5.95 Å². The van der Waals surface area contributed by atoms with Crippen LogP contribution in [-0.2, 0) is 16.0 Å². The van der Waals surface area contributed by atoms with Crippen molar-refractivity contribution < 1.29 is 14.0 Å². The maximum Gasteiger partial charge on any atom is 0.224 e. The molecule has 24 heavy (non-hydrogen) atoms. The summed E-state index contributed by atoms with van der Waals surface area (Å²) < 4.78 is 13.1. The molecule has 0 aliphatic carbocycles. The van der Waals surface area contributed by atoms with Crippen LogP contribution >= 0.6 is 0 Å². The van der Waals surface area contributed by atoms with Crippen LogP contribution in [0.3, 0.4) is 0 Å². The highest BCUT2D eigenvalue weighted by molar-refractivity contribution is 5.81. The molecule has 2 atom stereocenters. The fraction of sp³-hybridized carbons (Fsp3) is 0.278. The second kappa shape index (κ2) is 7.21. The molecule has 1 saturated heterocycles. The molecule has 1 aromatic heterocycles. The standard InChI is InChI=1S/C18H18FN3O2/c19-15-10-12(8-9-20-15)11-17(24)21-14-6-7-16(23)22-18(14)13-4-2-1-3-5-13/h1-5,8-10,14,18H,6-7,11H2,(H,21,24)(H,22,23)/t14-,18+/m1/s1. The fourth-order valence-corrected chi connectivity index (χ4v) is 2.93. The fourth-order valence-electron chi connectivity index (χ4n) is 2.93. The maximum absolute atomic E-state index is 13.1. The third-order valence-electron chi connectivity index (χ3n) is 4.06. The minimum Gasteiger partial charge on any atom is -0.351 e. The van der Waals surface area contributed by atoms with Crippen molar-refractivity contribution in [1.29, 1.82) is 0 Å². The van der Waals surface area contributed by atoms with Gasteiger partial charge in [-0.1, -0.05) is 30.3 Å². The Bertz CT molecular complexity index is 736. The number of nitrogens with zero attached hydrogens (tertiary/aromatic N) is 1. The Morgan fingerprint density at radius 1 is 1.29 bits per heavy atom. The molecule has 5 nitrogen and oxygen atoms in total. The number of halogens is 1. The average molecular weight is 327 g/mol. The van der Waals surface area contributed by atoms with Gasteiger partial charge in [0.25, 0.3) is 0 Å². The number of benzene rings is 1. The summed E-state index contributed by atoms with van der Waals surface area (Å²) in [6.07, 6.45) is 2.36. The molecule has 0 unspecified atom stereocenters. The largest absolute Gasteiger partial charge is 0.351 e. The molecular weight excluding hydrogens is 309 g/mol. The SMILES string of the molecule is O=C(Cc1ccnc(F)c1)N[C@@H]1CCC(=O)N[C@H]1c1ccccc1. The van der Waals surface area contributed by atoms with Gasteiger partial charge < -0.3 is 10.6 Å². The van der Waals surface area contributed by atoms with E-state index in [1.807, 2.05) is 30.3 Å². The van der Waals surface area contributed by atoms with Crippen LogP contribution in [0.25, 0.3) is 0 Å². The van der Waals surface area contributed by atoms with Crippen LogP contribution in [-0.4, -0.2) is 22.8 Å². The number of rotatable bonds is 4. The van der Waals surface area contributed by atoms with E-state index in [4.69, 9.17) is 0 Å². The number of carbonyl (C=O) groups excluding carboxylic acids is 2. The summed E-state index contributed by atoms with van der Waals surface area (Å²) in [4.78, 5) is 27.5. The summed E-state index contributed by atoms with van der Waals surface area (Å²) in [5.74, 6) is -0.833. The molecule has 2 heterocycles. The number of amides is 2. The van der Waals surface area contributed by atoms with Gasteiger partial charge in [-0.2, -0.15) is 4.39 Å². The molecule has 124 valence electrons. The van der Waals surface area contributed by atoms with Gasteiger partial charge in [-0.25, -0.2) is 4.98 Å². The molecule has 0 saturated carbocycles. The van der Waals surface area contributed by atoms with Crippen molar-refractivity contribution in [3.63, 3.8) is 0 Å². The van der Waals surface area contributed by atoms with Gasteiger partial charge >= 0.3 is 0 Å². The van der Waals surface area contributed by atoms with Crippen molar-refractivity contribution in [2.24, 2.45) is 0 Å². The van der Waals surface area contributed by atoms with Crippen LogP contribution in [0.4, 0.5) is 4.39 Å². The van der Waals surface area contributed by atoms with Gasteiger partial charge in [0, 0.05) is 12.6 Å². The second-order valence-electron chi connectivity index (χ2n) is 5.83. The van der Waals surface area contributed by atoms with Gasteiger partial charge in [-0.3, -0.25) is 9.59 Å². The van der Waals surface area contributed by atoms with Gasteiger partial charge in [0.15, 0.2) is 0 Å². The smallest absolute Gasteiger partial charge is 0.224 e. The lowest BCUT2D eigenvalue weighted by atomic mass is 9.91. The Morgan fingerprint density at radius 2 is 2.08 bits per heavy atom. The summed E-state index contributed by atoms with van der Waals surface area (Å²) in [5, 5.41) is 5.90. The van der Waals surface area contributed by atoms with Gasteiger partial charge in [-0.15, -0.1) is 0 Å². The molecule has 2 amide bonds. The molecule has 3 rings (SSSR count). The van der Waals surface area contributed by atoms with Gasteiger partial charge in [-0.05, 0) is 29.7 Å². The first kappa shape index (κ1) is 16.1. The monoisotopic (exact) mass is 327 g/mol. The molecule has 2 N–H and O–H groups in total. The maximum atomic E-state index is 13.1. The number of piperidine rings is 1. The summed E-state index contributed by atoms with van der Waals surface area (Å²) in [6.45, 7) is 0. The normalized spacial score (nSPS) is 20.3. The molecular formula is C18H18FN3O2. The number of hydrogen-bond donors (Lipinski definition) is 2. The first-order valence-electron chi connectivity index (χ1n) is 7.86. The summed E-state index contributed by atoms with van der Waals surface area (Å²) >= 11 is 0.